The van der Waals surface area contributed by atoms with Crippen LogP contribution in [0.4, 0.5) is 4.39 Å². The fourth-order valence-corrected chi connectivity index (χ4v) is 2.59. The number of aliphatic hydroxyl groups excluding tert-OH is 1. The molecule has 0 aliphatic heterocycles. The second-order valence-electron chi connectivity index (χ2n) is 5.69. The van der Waals surface area contributed by atoms with Crippen molar-refractivity contribution < 1.29 is 14.3 Å². The first kappa shape index (κ1) is 15.0. The predicted octanol–water partition coefficient (Wildman–Crippen LogP) is 2.52. The van der Waals surface area contributed by atoms with Gasteiger partial charge < -0.3 is 10.4 Å². The van der Waals surface area contributed by atoms with E-state index < -0.39 is 11.0 Å². The van der Waals surface area contributed by atoms with Crippen LogP contribution in [0.1, 0.15) is 45.1 Å². The lowest BCUT2D eigenvalue weighted by atomic mass is 9.89. The lowest BCUT2D eigenvalue weighted by Crippen LogP contribution is -2.53. The lowest BCUT2D eigenvalue weighted by Gasteiger charge is -2.32. The zero-order valence-electron chi connectivity index (χ0n) is 12.1. The van der Waals surface area contributed by atoms with Gasteiger partial charge in [-0.15, -0.1) is 0 Å². The standard InChI is InChI=1S/C16H22FNO2/c1-3-15(4-2,11-19)18-14(20)16(9-10-16)12-5-7-13(17)8-6-12/h5-8,19H,3-4,9-11H2,1-2H3,(H,18,20). The number of hydrogen-bond acceptors (Lipinski definition) is 2. The van der Waals surface area contributed by atoms with Gasteiger partial charge in [-0.25, -0.2) is 4.39 Å². The highest BCUT2D eigenvalue weighted by Crippen LogP contribution is 2.48. The summed E-state index contributed by atoms with van der Waals surface area (Å²) in [7, 11) is 0. The molecular weight excluding hydrogens is 257 g/mol. The van der Waals surface area contributed by atoms with E-state index in [2.05, 4.69) is 5.32 Å². The molecule has 2 N–H and O–H groups in total. The summed E-state index contributed by atoms with van der Waals surface area (Å²) in [6, 6.07) is 6.14. The van der Waals surface area contributed by atoms with E-state index in [1.165, 1.54) is 12.1 Å². The van der Waals surface area contributed by atoms with Crippen molar-refractivity contribution in [1.82, 2.24) is 5.32 Å². The van der Waals surface area contributed by atoms with Gasteiger partial charge in [-0.3, -0.25) is 4.79 Å². The highest BCUT2D eigenvalue weighted by molar-refractivity contribution is 5.91. The lowest BCUT2D eigenvalue weighted by molar-refractivity contribution is -0.126. The van der Waals surface area contributed by atoms with Gasteiger partial charge in [-0.1, -0.05) is 26.0 Å². The Morgan fingerprint density at radius 3 is 2.25 bits per heavy atom. The fraction of sp³-hybridized carbons (Fsp3) is 0.562. The zero-order valence-corrected chi connectivity index (χ0v) is 12.1. The summed E-state index contributed by atoms with van der Waals surface area (Å²) in [5.41, 5.74) is -0.221. The summed E-state index contributed by atoms with van der Waals surface area (Å²) in [5.74, 6) is -0.348. The van der Waals surface area contributed by atoms with Crippen molar-refractivity contribution >= 4 is 5.91 Å². The van der Waals surface area contributed by atoms with Gasteiger partial charge in [-0.2, -0.15) is 0 Å². The maximum absolute atomic E-state index is 13.0. The number of carbonyl (C=O) groups is 1. The number of amides is 1. The molecule has 1 amide bonds. The molecule has 1 aromatic rings. The van der Waals surface area contributed by atoms with Gasteiger partial charge >= 0.3 is 0 Å². The fourth-order valence-electron chi connectivity index (χ4n) is 2.59. The number of halogens is 1. The highest BCUT2D eigenvalue weighted by Gasteiger charge is 2.52. The number of nitrogens with one attached hydrogen (secondary N) is 1. The van der Waals surface area contributed by atoms with E-state index >= 15 is 0 Å². The summed E-state index contributed by atoms with van der Waals surface area (Å²) >= 11 is 0. The summed E-state index contributed by atoms with van der Waals surface area (Å²) in [5, 5.41) is 12.6. The van der Waals surface area contributed by atoms with Gasteiger partial charge in [0.05, 0.1) is 17.6 Å². The van der Waals surface area contributed by atoms with Gasteiger partial charge in [-0.05, 0) is 43.4 Å². The minimum absolute atomic E-state index is 0.0538. The van der Waals surface area contributed by atoms with Gasteiger partial charge in [0, 0.05) is 0 Å². The normalized spacial score (nSPS) is 16.8. The molecule has 1 aliphatic carbocycles. The Hall–Kier alpha value is -1.42. The van der Waals surface area contributed by atoms with Crippen LogP contribution < -0.4 is 5.32 Å². The van der Waals surface area contributed by atoms with Crippen molar-refractivity contribution in [1.29, 1.82) is 0 Å². The number of rotatable bonds is 6. The Balaban J connectivity index is 2.18. The van der Waals surface area contributed by atoms with E-state index in [0.29, 0.717) is 12.8 Å². The molecule has 0 unspecified atom stereocenters. The van der Waals surface area contributed by atoms with Crippen molar-refractivity contribution in [2.45, 2.75) is 50.5 Å². The molecule has 4 heteroatoms. The summed E-state index contributed by atoms with van der Waals surface area (Å²) in [4.78, 5) is 12.6. The SMILES string of the molecule is CCC(CC)(CO)NC(=O)C1(c2ccc(F)cc2)CC1. The molecule has 1 saturated carbocycles. The van der Waals surface area contributed by atoms with Crippen molar-refractivity contribution in [3.63, 3.8) is 0 Å². The monoisotopic (exact) mass is 279 g/mol. The van der Waals surface area contributed by atoms with E-state index in [1.807, 2.05) is 13.8 Å². The van der Waals surface area contributed by atoms with Crippen molar-refractivity contribution in [3.8, 4) is 0 Å². The smallest absolute Gasteiger partial charge is 0.231 e. The van der Waals surface area contributed by atoms with Crippen LogP contribution in [0.3, 0.4) is 0 Å². The summed E-state index contributed by atoms with van der Waals surface area (Å²) in [6.45, 7) is 3.85. The molecule has 3 nitrogen and oxygen atoms in total. The van der Waals surface area contributed by atoms with Crippen molar-refractivity contribution in [2.75, 3.05) is 6.61 Å². The van der Waals surface area contributed by atoms with Crippen LogP contribution >= 0.6 is 0 Å². The molecule has 0 radical (unpaired) electrons. The molecule has 1 aliphatic rings. The minimum Gasteiger partial charge on any atom is -0.394 e. The largest absolute Gasteiger partial charge is 0.394 e. The molecule has 2 rings (SSSR count). The number of benzene rings is 1. The van der Waals surface area contributed by atoms with Gasteiger partial charge in [0.25, 0.3) is 0 Å². The van der Waals surface area contributed by atoms with Gasteiger partial charge in [0.1, 0.15) is 5.82 Å². The van der Waals surface area contributed by atoms with E-state index in [-0.39, 0.29) is 18.3 Å². The summed E-state index contributed by atoms with van der Waals surface area (Å²) < 4.78 is 13.0. The Morgan fingerprint density at radius 2 is 1.85 bits per heavy atom. The van der Waals surface area contributed by atoms with Crippen LogP contribution in [0.5, 0.6) is 0 Å². The van der Waals surface area contributed by atoms with Crippen LogP contribution in [-0.2, 0) is 10.2 Å². The van der Waals surface area contributed by atoms with E-state index in [4.69, 9.17) is 0 Å². The minimum atomic E-state index is -0.549. The average molecular weight is 279 g/mol. The first-order valence-electron chi connectivity index (χ1n) is 7.21. The molecular formula is C16H22FNO2. The molecule has 0 atom stereocenters. The quantitative estimate of drug-likeness (QED) is 0.840. The molecule has 1 fully saturated rings. The molecule has 0 aromatic heterocycles. The third kappa shape index (κ3) is 2.57. The Morgan fingerprint density at radius 1 is 1.30 bits per heavy atom. The van der Waals surface area contributed by atoms with Crippen molar-refractivity contribution in [3.05, 3.63) is 35.6 Å². The maximum atomic E-state index is 13.0. The van der Waals surface area contributed by atoms with Crippen LogP contribution in [0.25, 0.3) is 0 Å². The van der Waals surface area contributed by atoms with Crippen LogP contribution in [0.2, 0.25) is 0 Å². The van der Waals surface area contributed by atoms with Crippen molar-refractivity contribution in [2.24, 2.45) is 0 Å². The average Bonchev–Trinajstić information content (AvgIpc) is 3.27. The van der Waals surface area contributed by atoms with Crippen LogP contribution in [0, 0.1) is 5.82 Å². The first-order chi connectivity index (χ1) is 9.52. The number of aliphatic hydroxyl groups is 1. The second-order valence-corrected chi connectivity index (χ2v) is 5.69. The second kappa shape index (κ2) is 5.52. The van der Waals surface area contributed by atoms with Gasteiger partial charge in [0.15, 0.2) is 0 Å². The maximum Gasteiger partial charge on any atom is 0.231 e. The topological polar surface area (TPSA) is 49.3 Å². The number of hydrogen-bond donors (Lipinski definition) is 2. The molecule has 0 heterocycles. The molecule has 1 aromatic carbocycles. The molecule has 0 spiro atoms. The highest BCUT2D eigenvalue weighted by atomic mass is 19.1. The Bertz CT molecular complexity index is 467. The molecule has 0 bridgehead atoms. The van der Waals surface area contributed by atoms with E-state index in [1.54, 1.807) is 12.1 Å². The van der Waals surface area contributed by atoms with Crippen LogP contribution in [-0.4, -0.2) is 23.2 Å². The third-order valence-electron chi connectivity index (χ3n) is 4.62. The van der Waals surface area contributed by atoms with Gasteiger partial charge in [0.2, 0.25) is 5.91 Å². The predicted molar refractivity (Wildman–Crippen MR) is 75.9 cm³/mol. The Kier molecular flexibility index (Phi) is 4.14. The Labute approximate surface area is 119 Å². The molecule has 20 heavy (non-hydrogen) atoms. The van der Waals surface area contributed by atoms with Crippen LogP contribution in [0.15, 0.2) is 24.3 Å². The summed E-state index contributed by atoms with van der Waals surface area (Å²) in [6.07, 6.45) is 2.93. The third-order valence-corrected chi connectivity index (χ3v) is 4.62. The molecule has 0 saturated heterocycles. The molecule has 110 valence electrons. The zero-order chi connectivity index (χ0) is 14.8. The van der Waals surface area contributed by atoms with E-state index in [0.717, 1.165) is 18.4 Å². The first-order valence-corrected chi connectivity index (χ1v) is 7.21. The van der Waals surface area contributed by atoms with E-state index in [9.17, 15) is 14.3 Å². The number of carbonyl (C=O) groups excluding carboxylic acids is 1.